The number of esters is 1. The predicted molar refractivity (Wildman–Crippen MR) is 56.7 cm³/mol. The Kier molecular flexibility index (Phi) is 5.21. The van der Waals surface area contributed by atoms with Gasteiger partial charge in [-0.15, -0.1) is 0 Å². The van der Waals surface area contributed by atoms with Gasteiger partial charge in [-0.05, 0) is 6.42 Å². The van der Waals surface area contributed by atoms with Crippen LogP contribution in [0, 0.1) is 0 Å². The smallest absolute Gasteiger partial charge is 0.305 e. The van der Waals surface area contributed by atoms with Gasteiger partial charge in [0.15, 0.2) is 0 Å². The first-order chi connectivity index (χ1) is 7.61. The zero-order valence-electron chi connectivity index (χ0n) is 9.44. The molecular formula is C10H18N2O4. The van der Waals surface area contributed by atoms with E-state index < -0.39 is 0 Å². The van der Waals surface area contributed by atoms with Gasteiger partial charge in [-0.3, -0.25) is 14.5 Å². The standard InChI is InChI=1S/C10H18N2O4/c1-16-10(15)3-2-4-11-9(14)7-12-5-8(13)6-12/h8,13H,2-7H2,1H3,(H,11,14). The Morgan fingerprint density at radius 1 is 1.50 bits per heavy atom. The molecule has 0 atom stereocenters. The van der Waals surface area contributed by atoms with Crippen LogP contribution in [0.4, 0.5) is 0 Å². The molecule has 1 saturated heterocycles. The van der Waals surface area contributed by atoms with Crippen LogP contribution in [-0.4, -0.2) is 61.3 Å². The lowest BCUT2D eigenvalue weighted by Crippen LogP contribution is -2.53. The molecule has 0 spiro atoms. The molecule has 0 aliphatic carbocycles. The number of rotatable bonds is 6. The summed E-state index contributed by atoms with van der Waals surface area (Å²) in [6, 6.07) is 0. The maximum absolute atomic E-state index is 11.3. The molecule has 0 radical (unpaired) electrons. The molecule has 16 heavy (non-hydrogen) atoms. The minimum absolute atomic E-state index is 0.0724. The van der Waals surface area contributed by atoms with Crippen molar-refractivity contribution in [2.45, 2.75) is 18.9 Å². The Labute approximate surface area is 94.6 Å². The summed E-state index contributed by atoms with van der Waals surface area (Å²) in [6.45, 7) is 1.92. The Morgan fingerprint density at radius 2 is 2.19 bits per heavy atom. The average Bonchev–Trinajstić information content (AvgIpc) is 2.22. The van der Waals surface area contributed by atoms with E-state index in [0.717, 1.165) is 0 Å². The number of nitrogens with one attached hydrogen (secondary N) is 1. The van der Waals surface area contributed by atoms with Crippen molar-refractivity contribution < 1.29 is 19.4 Å². The Balaban J connectivity index is 1.96. The topological polar surface area (TPSA) is 78.9 Å². The van der Waals surface area contributed by atoms with Crippen LogP contribution in [-0.2, 0) is 14.3 Å². The molecule has 1 rings (SSSR count). The van der Waals surface area contributed by atoms with Gasteiger partial charge >= 0.3 is 5.97 Å². The highest BCUT2D eigenvalue weighted by Gasteiger charge is 2.25. The van der Waals surface area contributed by atoms with Gasteiger partial charge in [0.05, 0.1) is 19.8 Å². The Morgan fingerprint density at radius 3 is 2.75 bits per heavy atom. The second-order valence-corrected chi connectivity index (χ2v) is 3.88. The number of amides is 1. The quantitative estimate of drug-likeness (QED) is 0.439. The van der Waals surface area contributed by atoms with E-state index in [0.29, 0.717) is 39.0 Å². The molecule has 1 aliphatic heterocycles. The zero-order chi connectivity index (χ0) is 12.0. The number of methoxy groups -OCH3 is 1. The van der Waals surface area contributed by atoms with E-state index in [1.165, 1.54) is 7.11 Å². The van der Waals surface area contributed by atoms with Crippen molar-refractivity contribution >= 4 is 11.9 Å². The zero-order valence-corrected chi connectivity index (χ0v) is 9.44. The maximum atomic E-state index is 11.3. The number of aliphatic hydroxyl groups excluding tert-OH is 1. The number of aliphatic hydroxyl groups is 1. The number of carbonyl (C=O) groups excluding carboxylic acids is 2. The normalized spacial score (nSPS) is 16.6. The molecule has 0 aromatic carbocycles. The van der Waals surface area contributed by atoms with Crippen molar-refractivity contribution in [2.24, 2.45) is 0 Å². The monoisotopic (exact) mass is 230 g/mol. The minimum Gasteiger partial charge on any atom is -0.469 e. The summed E-state index contributed by atoms with van der Waals surface area (Å²) in [7, 11) is 1.34. The van der Waals surface area contributed by atoms with Gasteiger partial charge in [-0.25, -0.2) is 0 Å². The lowest BCUT2D eigenvalue weighted by molar-refractivity contribution is -0.140. The van der Waals surface area contributed by atoms with Crippen LogP contribution >= 0.6 is 0 Å². The molecule has 6 nitrogen and oxygen atoms in total. The second-order valence-electron chi connectivity index (χ2n) is 3.88. The summed E-state index contributed by atoms with van der Waals surface area (Å²) in [4.78, 5) is 23.9. The third kappa shape index (κ3) is 4.59. The molecule has 0 unspecified atom stereocenters. The van der Waals surface area contributed by atoms with Crippen LogP contribution in [0.5, 0.6) is 0 Å². The predicted octanol–water partition coefficient (Wildman–Crippen LogP) is -1.27. The first-order valence-electron chi connectivity index (χ1n) is 5.35. The molecule has 92 valence electrons. The fourth-order valence-electron chi connectivity index (χ4n) is 1.49. The lowest BCUT2D eigenvalue weighted by Gasteiger charge is -2.34. The van der Waals surface area contributed by atoms with Crippen molar-refractivity contribution in [2.75, 3.05) is 33.3 Å². The van der Waals surface area contributed by atoms with Crippen LogP contribution in [0.3, 0.4) is 0 Å². The van der Waals surface area contributed by atoms with Crippen molar-refractivity contribution in [3.05, 3.63) is 0 Å². The molecule has 1 amide bonds. The summed E-state index contributed by atoms with van der Waals surface area (Å²) < 4.78 is 4.47. The maximum Gasteiger partial charge on any atom is 0.305 e. The first-order valence-corrected chi connectivity index (χ1v) is 5.35. The summed E-state index contributed by atoms with van der Waals surface area (Å²) >= 11 is 0. The Hall–Kier alpha value is -1.14. The van der Waals surface area contributed by atoms with Crippen molar-refractivity contribution in [3.8, 4) is 0 Å². The van der Waals surface area contributed by atoms with Gasteiger partial charge < -0.3 is 15.2 Å². The van der Waals surface area contributed by atoms with Crippen LogP contribution < -0.4 is 5.32 Å². The number of hydrogen-bond acceptors (Lipinski definition) is 5. The largest absolute Gasteiger partial charge is 0.469 e. The number of hydrogen-bond donors (Lipinski definition) is 2. The molecule has 2 N–H and O–H groups in total. The lowest BCUT2D eigenvalue weighted by atomic mass is 10.2. The minimum atomic E-state index is -0.285. The van der Waals surface area contributed by atoms with E-state index in [9.17, 15) is 9.59 Å². The third-order valence-corrected chi connectivity index (χ3v) is 2.41. The number of β-amino-alcohol motifs (C(OH)–C–C–N with tert-alkyl or cyclic N) is 1. The first kappa shape index (κ1) is 12.9. The van der Waals surface area contributed by atoms with Gasteiger partial charge in [0.25, 0.3) is 0 Å². The van der Waals surface area contributed by atoms with Gasteiger partial charge in [-0.1, -0.05) is 0 Å². The highest BCUT2D eigenvalue weighted by atomic mass is 16.5. The van der Waals surface area contributed by atoms with E-state index in [-0.39, 0.29) is 18.0 Å². The van der Waals surface area contributed by atoms with E-state index in [1.807, 2.05) is 4.90 Å². The van der Waals surface area contributed by atoms with Crippen molar-refractivity contribution in [3.63, 3.8) is 0 Å². The van der Waals surface area contributed by atoms with E-state index in [1.54, 1.807) is 0 Å². The van der Waals surface area contributed by atoms with E-state index >= 15 is 0 Å². The van der Waals surface area contributed by atoms with Crippen LogP contribution in [0.2, 0.25) is 0 Å². The number of likely N-dealkylation sites (tertiary alicyclic amines) is 1. The summed E-state index contributed by atoms with van der Waals surface area (Å²) in [5, 5.41) is 11.7. The number of carbonyl (C=O) groups is 2. The average molecular weight is 230 g/mol. The number of ether oxygens (including phenoxy) is 1. The molecule has 1 aliphatic rings. The SMILES string of the molecule is COC(=O)CCCNC(=O)CN1CC(O)C1. The Bertz CT molecular complexity index is 251. The summed E-state index contributed by atoms with van der Waals surface area (Å²) in [5.74, 6) is -0.336. The highest BCUT2D eigenvalue weighted by Crippen LogP contribution is 2.05. The molecule has 1 fully saturated rings. The highest BCUT2D eigenvalue weighted by molar-refractivity contribution is 5.78. The second kappa shape index (κ2) is 6.44. The van der Waals surface area contributed by atoms with E-state index in [2.05, 4.69) is 10.1 Å². The fourth-order valence-corrected chi connectivity index (χ4v) is 1.49. The molecule has 0 aromatic rings. The van der Waals surface area contributed by atoms with E-state index in [4.69, 9.17) is 5.11 Å². The number of nitrogens with zero attached hydrogens (tertiary/aromatic N) is 1. The van der Waals surface area contributed by atoms with Gasteiger partial charge in [-0.2, -0.15) is 0 Å². The fraction of sp³-hybridized carbons (Fsp3) is 0.800. The van der Waals surface area contributed by atoms with Crippen LogP contribution in [0.15, 0.2) is 0 Å². The third-order valence-electron chi connectivity index (χ3n) is 2.41. The summed E-state index contributed by atoms with van der Waals surface area (Å²) in [5.41, 5.74) is 0. The summed E-state index contributed by atoms with van der Waals surface area (Å²) in [6.07, 6.45) is 0.618. The molecular weight excluding hydrogens is 212 g/mol. The van der Waals surface area contributed by atoms with Crippen molar-refractivity contribution in [1.29, 1.82) is 0 Å². The molecule has 0 saturated carbocycles. The van der Waals surface area contributed by atoms with Crippen LogP contribution in [0.25, 0.3) is 0 Å². The van der Waals surface area contributed by atoms with Crippen LogP contribution in [0.1, 0.15) is 12.8 Å². The van der Waals surface area contributed by atoms with Gasteiger partial charge in [0.2, 0.25) is 5.91 Å². The van der Waals surface area contributed by atoms with Crippen molar-refractivity contribution in [1.82, 2.24) is 10.2 Å². The molecule has 1 heterocycles. The van der Waals surface area contributed by atoms with Gasteiger partial charge in [0, 0.05) is 26.1 Å². The van der Waals surface area contributed by atoms with Gasteiger partial charge in [0.1, 0.15) is 0 Å². The molecule has 6 heteroatoms. The molecule has 0 aromatic heterocycles. The molecule has 0 bridgehead atoms.